The second-order valence-electron chi connectivity index (χ2n) is 6.13. The summed E-state index contributed by atoms with van der Waals surface area (Å²) in [6.07, 6.45) is -1.13. The molecule has 1 aromatic rings. The van der Waals surface area contributed by atoms with Crippen LogP contribution in [0.2, 0.25) is 0 Å². The van der Waals surface area contributed by atoms with Crippen LogP contribution in [0.5, 0.6) is 0 Å². The molecule has 2 rings (SSSR count). The maximum Gasteiger partial charge on any atom is 0.303 e. The number of aromatic nitrogens is 1. The van der Waals surface area contributed by atoms with Gasteiger partial charge in [0.15, 0.2) is 6.10 Å². The van der Waals surface area contributed by atoms with Gasteiger partial charge in [-0.25, -0.2) is 4.98 Å². The molecular weight excluding hydrogens is 536 g/mol. The molecule has 12 heteroatoms. The van der Waals surface area contributed by atoms with Crippen molar-refractivity contribution in [2.75, 3.05) is 6.61 Å². The topological polar surface area (TPSA) is 127 Å². The van der Waals surface area contributed by atoms with E-state index in [4.69, 9.17) is 24.7 Å². The van der Waals surface area contributed by atoms with Crippen LogP contribution in [0, 0.1) is 0 Å². The number of carbonyl (C=O) groups excluding carboxylic acids is 3. The molecule has 1 saturated heterocycles. The molecule has 1 aliphatic heterocycles. The molecule has 0 aromatic carbocycles. The van der Waals surface area contributed by atoms with E-state index in [0.717, 1.165) is 4.47 Å². The van der Waals surface area contributed by atoms with Crippen molar-refractivity contribution in [3.8, 4) is 0 Å². The summed E-state index contributed by atoms with van der Waals surface area (Å²) in [7, 11) is 0. The van der Waals surface area contributed by atoms with Crippen LogP contribution in [0.3, 0.4) is 0 Å². The van der Waals surface area contributed by atoms with Gasteiger partial charge in [0.1, 0.15) is 28.9 Å². The van der Waals surface area contributed by atoms with Crippen molar-refractivity contribution in [3.05, 3.63) is 21.3 Å². The number of pyridine rings is 1. The van der Waals surface area contributed by atoms with Crippen molar-refractivity contribution < 1.29 is 33.3 Å². The highest BCUT2D eigenvalue weighted by Gasteiger charge is 2.48. The van der Waals surface area contributed by atoms with E-state index in [1.807, 2.05) is 0 Å². The number of thioether (sulfide) groups is 1. The van der Waals surface area contributed by atoms with E-state index in [0.29, 0.717) is 9.50 Å². The molecule has 0 amide bonds. The summed E-state index contributed by atoms with van der Waals surface area (Å²) >= 11 is 7.94. The van der Waals surface area contributed by atoms with Gasteiger partial charge in [0.05, 0.1) is 6.04 Å². The predicted molar refractivity (Wildman–Crippen MR) is 110 cm³/mol. The fraction of sp³-hybridized carbons (Fsp3) is 0.529. The zero-order valence-electron chi connectivity index (χ0n) is 15.8. The first-order valence-corrected chi connectivity index (χ1v) is 10.9. The Bertz CT molecular complexity index is 780. The smallest absolute Gasteiger partial charge is 0.303 e. The van der Waals surface area contributed by atoms with Crippen LogP contribution in [-0.4, -0.2) is 59.3 Å². The highest BCUT2D eigenvalue weighted by molar-refractivity contribution is 9.11. The molecule has 9 nitrogen and oxygen atoms in total. The van der Waals surface area contributed by atoms with Crippen molar-refractivity contribution in [3.63, 3.8) is 0 Å². The molecule has 0 bridgehead atoms. The van der Waals surface area contributed by atoms with Crippen molar-refractivity contribution in [1.29, 1.82) is 0 Å². The molecule has 1 aliphatic rings. The monoisotopic (exact) mass is 554 g/mol. The first-order valence-electron chi connectivity index (χ1n) is 8.45. The van der Waals surface area contributed by atoms with Crippen molar-refractivity contribution >= 4 is 61.5 Å². The number of ether oxygens (including phenoxy) is 4. The van der Waals surface area contributed by atoms with Crippen LogP contribution >= 0.6 is 43.6 Å². The average Bonchev–Trinajstić information content (AvgIpc) is 2.61. The molecule has 160 valence electrons. The summed E-state index contributed by atoms with van der Waals surface area (Å²) in [6, 6.07) is 0.897. The maximum atomic E-state index is 11.7. The lowest BCUT2D eigenvalue weighted by Gasteiger charge is -2.43. The third kappa shape index (κ3) is 6.92. The summed E-state index contributed by atoms with van der Waals surface area (Å²) in [6.45, 7) is 3.54. The third-order valence-electron chi connectivity index (χ3n) is 3.77. The quantitative estimate of drug-likeness (QED) is 0.317. The Kier molecular flexibility index (Phi) is 8.89. The number of hydrogen-bond acceptors (Lipinski definition) is 10. The number of halogens is 2. The van der Waals surface area contributed by atoms with Gasteiger partial charge in [0.2, 0.25) is 0 Å². The van der Waals surface area contributed by atoms with Gasteiger partial charge in [-0.15, -0.1) is 0 Å². The Morgan fingerprint density at radius 1 is 1.14 bits per heavy atom. The number of nitrogens with two attached hydrogens (primary N) is 1. The second-order valence-corrected chi connectivity index (χ2v) is 8.94. The zero-order chi connectivity index (χ0) is 21.7. The largest absolute Gasteiger partial charge is 0.463 e. The summed E-state index contributed by atoms with van der Waals surface area (Å²) in [5, 5.41) is 0. The molecule has 2 heterocycles. The molecule has 0 spiro atoms. The normalized spacial score (nSPS) is 26.5. The van der Waals surface area contributed by atoms with Crippen molar-refractivity contribution in [2.24, 2.45) is 5.73 Å². The van der Waals surface area contributed by atoms with Gasteiger partial charge < -0.3 is 24.7 Å². The molecule has 0 radical (unpaired) electrons. The summed E-state index contributed by atoms with van der Waals surface area (Å²) in [4.78, 5) is 39.4. The van der Waals surface area contributed by atoms with E-state index in [9.17, 15) is 14.4 Å². The molecule has 0 saturated carbocycles. The Hall–Kier alpha value is -1.21. The zero-order valence-corrected chi connectivity index (χ0v) is 19.8. The first-order chi connectivity index (χ1) is 13.6. The average molecular weight is 556 g/mol. The summed E-state index contributed by atoms with van der Waals surface area (Å²) in [5.41, 5.74) is 5.53. The molecular formula is C17H20Br2N2O7S. The van der Waals surface area contributed by atoms with E-state index < -0.39 is 47.7 Å². The minimum absolute atomic E-state index is 0.178. The van der Waals surface area contributed by atoms with E-state index in [1.54, 1.807) is 12.3 Å². The number of rotatable bonds is 6. The van der Waals surface area contributed by atoms with Crippen LogP contribution in [0.15, 0.2) is 26.2 Å². The molecule has 0 aliphatic carbocycles. The van der Waals surface area contributed by atoms with E-state index in [2.05, 4.69) is 36.8 Å². The number of nitrogens with zero attached hydrogens (tertiary/aromatic N) is 1. The van der Waals surface area contributed by atoms with E-state index >= 15 is 0 Å². The van der Waals surface area contributed by atoms with Crippen molar-refractivity contribution in [2.45, 2.75) is 55.5 Å². The Morgan fingerprint density at radius 3 is 2.34 bits per heavy atom. The van der Waals surface area contributed by atoms with Gasteiger partial charge in [0.25, 0.3) is 0 Å². The van der Waals surface area contributed by atoms with Crippen LogP contribution in [0.25, 0.3) is 0 Å². The molecule has 29 heavy (non-hydrogen) atoms. The van der Waals surface area contributed by atoms with Crippen LogP contribution in [0.1, 0.15) is 20.8 Å². The van der Waals surface area contributed by atoms with Crippen LogP contribution < -0.4 is 5.73 Å². The lowest BCUT2D eigenvalue weighted by atomic mass is 9.97. The maximum absolute atomic E-state index is 11.7. The fourth-order valence-electron chi connectivity index (χ4n) is 2.66. The SMILES string of the molecule is CC(=O)OCC1OC(Sc2cc(Br)cnc2Br)C(OC(C)=O)C(N)C1OC(C)=O. The summed E-state index contributed by atoms with van der Waals surface area (Å²) < 4.78 is 23.0. The predicted octanol–water partition coefficient (Wildman–Crippen LogP) is 2.18. The Morgan fingerprint density at radius 2 is 1.76 bits per heavy atom. The number of carbonyl (C=O) groups is 3. The van der Waals surface area contributed by atoms with Gasteiger partial charge in [0, 0.05) is 36.3 Å². The molecule has 1 aromatic heterocycles. The minimum Gasteiger partial charge on any atom is -0.463 e. The van der Waals surface area contributed by atoms with Gasteiger partial charge >= 0.3 is 17.9 Å². The van der Waals surface area contributed by atoms with Gasteiger partial charge in [-0.1, -0.05) is 11.8 Å². The van der Waals surface area contributed by atoms with E-state index in [1.165, 1.54) is 32.5 Å². The highest BCUT2D eigenvalue weighted by Crippen LogP contribution is 2.38. The fourth-order valence-corrected chi connectivity index (χ4v) is 4.80. The Labute approximate surface area is 188 Å². The second kappa shape index (κ2) is 10.7. The van der Waals surface area contributed by atoms with Crippen LogP contribution in [0.4, 0.5) is 0 Å². The van der Waals surface area contributed by atoms with Crippen LogP contribution in [-0.2, 0) is 33.3 Å². The standard InChI is InChI=1S/C17H20Br2N2O7S/c1-7(22)25-6-11-14(26-8(2)23)13(20)15(27-9(3)24)17(28-11)29-12-4-10(18)5-21-16(12)19/h4-5,11,13-15,17H,6,20H2,1-3H3. The van der Waals surface area contributed by atoms with Gasteiger partial charge in [-0.05, 0) is 37.9 Å². The molecule has 5 unspecified atom stereocenters. The molecule has 5 atom stereocenters. The van der Waals surface area contributed by atoms with E-state index in [-0.39, 0.29) is 6.61 Å². The van der Waals surface area contributed by atoms with Gasteiger partial charge in [-0.2, -0.15) is 0 Å². The lowest BCUT2D eigenvalue weighted by Crippen LogP contribution is -2.63. The Balaban J connectivity index is 2.34. The lowest BCUT2D eigenvalue weighted by molar-refractivity contribution is -0.201. The highest BCUT2D eigenvalue weighted by atomic mass is 79.9. The molecule has 1 fully saturated rings. The number of hydrogen-bond donors (Lipinski definition) is 1. The first kappa shape index (κ1) is 24.1. The molecule has 2 N–H and O–H groups in total. The summed E-state index contributed by atoms with van der Waals surface area (Å²) in [5.74, 6) is -1.67. The van der Waals surface area contributed by atoms with Crippen molar-refractivity contribution in [1.82, 2.24) is 4.98 Å². The third-order valence-corrected chi connectivity index (χ3v) is 6.28. The van der Waals surface area contributed by atoms with Gasteiger partial charge in [-0.3, -0.25) is 14.4 Å². The minimum atomic E-state index is -0.975. The number of esters is 3.